The molecule has 7 heteroatoms. The number of phosphoric acid groups is 1. The Bertz CT molecular complexity index is 253. The molecule has 1 heterocycles. The molecule has 0 spiro atoms. The van der Waals surface area contributed by atoms with E-state index < -0.39 is 7.82 Å². The Morgan fingerprint density at radius 1 is 1.36 bits per heavy atom. The van der Waals surface area contributed by atoms with Crippen LogP contribution in [0, 0.1) is 0 Å². The fourth-order valence-corrected chi connectivity index (χ4v) is 0.683. The lowest BCUT2D eigenvalue weighted by molar-refractivity contribution is -0.732. The summed E-state index contributed by atoms with van der Waals surface area (Å²) in [4.78, 5) is 13.9. The summed E-state index contributed by atoms with van der Waals surface area (Å²) >= 11 is 0. The van der Waals surface area contributed by atoms with E-state index in [2.05, 4.69) is 28.1 Å². The number of phosphoric ester groups is 1. The van der Waals surface area contributed by atoms with E-state index in [0.717, 1.165) is 18.7 Å². The van der Waals surface area contributed by atoms with E-state index in [1.165, 1.54) is 0 Å². The zero-order valence-electron chi connectivity index (χ0n) is 8.71. The zero-order chi connectivity index (χ0) is 11.2. The number of rotatable bonds is 2. The van der Waals surface area contributed by atoms with Gasteiger partial charge in [-0.1, -0.05) is 0 Å². The van der Waals surface area contributed by atoms with E-state index >= 15 is 0 Å². The minimum Gasteiger partial charge on any atom is -0.756 e. The monoisotopic (exact) mass is 222 g/mol. The predicted octanol–water partition coefficient (Wildman–Crippen LogP) is 0.323. The van der Waals surface area contributed by atoms with Gasteiger partial charge in [0, 0.05) is 14.2 Å². The summed E-state index contributed by atoms with van der Waals surface area (Å²) in [5.41, 5.74) is 0. The molecule has 0 aromatic heterocycles. The zero-order valence-corrected chi connectivity index (χ0v) is 9.60. The summed E-state index contributed by atoms with van der Waals surface area (Å²) in [6.45, 7) is 0. The summed E-state index contributed by atoms with van der Waals surface area (Å²) in [6, 6.07) is 0. The predicted molar refractivity (Wildman–Crippen MR) is 51.4 cm³/mol. The molecular formula is C7H15N2O4P. The highest BCUT2D eigenvalue weighted by Gasteiger charge is 2.09. The van der Waals surface area contributed by atoms with Gasteiger partial charge in [0.1, 0.15) is 6.20 Å². The third-order valence-corrected chi connectivity index (χ3v) is 2.24. The molecule has 0 bridgehead atoms. The largest absolute Gasteiger partial charge is 0.756 e. The number of nitrogens with zero attached hydrogens (tertiary/aromatic N) is 2. The van der Waals surface area contributed by atoms with Gasteiger partial charge in [-0.15, -0.1) is 0 Å². The minimum atomic E-state index is -3.90. The van der Waals surface area contributed by atoms with Crippen molar-refractivity contribution in [1.29, 1.82) is 0 Å². The van der Waals surface area contributed by atoms with Gasteiger partial charge < -0.3 is 13.9 Å². The van der Waals surface area contributed by atoms with Gasteiger partial charge >= 0.3 is 0 Å². The standard InChI is InChI=1S/C5H9N2.C2H7O4P/c1-7(2)4-3-6-5-7;1-5-7(3,4)6-2/h3-5H,1-2H3;1-2H3,(H,3,4)/q+1;/p-1. The molecule has 0 aromatic carbocycles. The molecule has 1 aliphatic heterocycles. The number of quaternary nitrogens is 1. The normalized spacial score (nSPS) is 17.8. The maximum Gasteiger partial charge on any atom is 0.267 e. The molecule has 0 unspecified atom stereocenters. The quantitative estimate of drug-likeness (QED) is 0.498. The van der Waals surface area contributed by atoms with Crippen LogP contribution in [0.3, 0.4) is 0 Å². The van der Waals surface area contributed by atoms with Gasteiger partial charge in [0.25, 0.3) is 7.82 Å². The molecule has 0 fully saturated rings. The van der Waals surface area contributed by atoms with Crippen LogP contribution in [0.25, 0.3) is 0 Å². The van der Waals surface area contributed by atoms with Crippen molar-refractivity contribution in [3.05, 3.63) is 12.4 Å². The van der Waals surface area contributed by atoms with Crippen LogP contribution in [-0.2, 0) is 13.6 Å². The van der Waals surface area contributed by atoms with Crippen molar-refractivity contribution >= 4 is 14.2 Å². The van der Waals surface area contributed by atoms with Crippen LogP contribution in [0.1, 0.15) is 0 Å². The number of aliphatic imine (C=N–C) groups is 1. The number of hydrogen-bond donors (Lipinski definition) is 0. The number of hydrogen-bond acceptors (Lipinski definition) is 5. The first-order valence-electron chi connectivity index (χ1n) is 3.81. The molecule has 0 radical (unpaired) electrons. The summed E-state index contributed by atoms with van der Waals surface area (Å²) in [7, 11) is 2.30. The summed E-state index contributed by atoms with van der Waals surface area (Å²) in [6.07, 6.45) is 5.69. The van der Waals surface area contributed by atoms with Crippen molar-refractivity contribution in [2.24, 2.45) is 4.99 Å². The molecular weight excluding hydrogens is 207 g/mol. The molecule has 1 rings (SSSR count). The maximum atomic E-state index is 9.95. The third kappa shape index (κ3) is 6.01. The molecule has 0 amide bonds. The second kappa shape index (κ2) is 5.38. The molecule has 0 saturated heterocycles. The van der Waals surface area contributed by atoms with Gasteiger partial charge in [0.15, 0.2) is 6.34 Å². The lowest BCUT2D eigenvalue weighted by Gasteiger charge is -2.16. The van der Waals surface area contributed by atoms with Crippen LogP contribution in [-0.4, -0.2) is 39.1 Å². The van der Waals surface area contributed by atoms with Crippen molar-refractivity contribution < 1.29 is 23.0 Å². The second-order valence-corrected chi connectivity index (χ2v) is 4.63. The first-order valence-corrected chi connectivity index (χ1v) is 5.27. The molecule has 1 aliphatic rings. The average molecular weight is 222 g/mol. The van der Waals surface area contributed by atoms with E-state index in [1.54, 1.807) is 6.20 Å². The highest BCUT2D eigenvalue weighted by molar-refractivity contribution is 7.45. The highest BCUT2D eigenvalue weighted by Crippen LogP contribution is 2.34. The van der Waals surface area contributed by atoms with Crippen molar-refractivity contribution in [3.8, 4) is 0 Å². The van der Waals surface area contributed by atoms with E-state index in [9.17, 15) is 9.46 Å². The van der Waals surface area contributed by atoms with Gasteiger partial charge in [0.2, 0.25) is 0 Å². The van der Waals surface area contributed by atoms with Crippen LogP contribution < -0.4 is 4.89 Å². The van der Waals surface area contributed by atoms with Crippen LogP contribution in [0.5, 0.6) is 0 Å². The smallest absolute Gasteiger partial charge is 0.267 e. The van der Waals surface area contributed by atoms with E-state index in [4.69, 9.17) is 0 Å². The molecule has 0 N–H and O–H groups in total. The SMILES string of the molecule is COP(=O)([O-])OC.C[N+]1(C)C=CN=C1. The summed E-state index contributed by atoms with van der Waals surface area (Å²) in [5.74, 6) is 0. The first-order chi connectivity index (χ1) is 6.33. The summed E-state index contributed by atoms with van der Waals surface area (Å²) < 4.78 is 18.5. The molecule has 0 saturated carbocycles. The Labute approximate surface area is 83.7 Å². The van der Waals surface area contributed by atoms with Gasteiger partial charge in [-0.25, -0.2) is 4.99 Å². The molecule has 0 aliphatic carbocycles. The van der Waals surface area contributed by atoms with Crippen molar-refractivity contribution in [2.45, 2.75) is 0 Å². The fourth-order valence-electron chi connectivity index (χ4n) is 0.534. The Balaban J connectivity index is 0.000000241. The van der Waals surface area contributed by atoms with Gasteiger partial charge in [-0.2, -0.15) is 0 Å². The van der Waals surface area contributed by atoms with Crippen molar-refractivity contribution in [1.82, 2.24) is 0 Å². The highest BCUT2D eigenvalue weighted by atomic mass is 31.2. The van der Waals surface area contributed by atoms with E-state index in [0.29, 0.717) is 0 Å². The van der Waals surface area contributed by atoms with E-state index in [-0.39, 0.29) is 0 Å². The van der Waals surface area contributed by atoms with Gasteiger partial charge in [0.05, 0.1) is 20.3 Å². The van der Waals surface area contributed by atoms with Gasteiger partial charge in [-0.3, -0.25) is 9.05 Å². The molecule has 0 aromatic rings. The molecule has 0 atom stereocenters. The van der Waals surface area contributed by atoms with Crippen LogP contribution in [0.4, 0.5) is 0 Å². The molecule has 14 heavy (non-hydrogen) atoms. The minimum absolute atomic E-state index is 0.778. The van der Waals surface area contributed by atoms with Crippen LogP contribution in [0.15, 0.2) is 17.4 Å². The Morgan fingerprint density at radius 2 is 1.86 bits per heavy atom. The lowest BCUT2D eigenvalue weighted by Crippen LogP contribution is -2.28. The van der Waals surface area contributed by atoms with Crippen molar-refractivity contribution in [3.63, 3.8) is 0 Å². The van der Waals surface area contributed by atoms with Crippen LogP contribution in [0.2, 0.25) is 0 Å². The average Bonchev–Trinajstić information content (AvgIpc) is 2.51. The summed E-state index contributed by atoms with van der Waals surface area (Å²) in [5, 5.41) is 0. The Morgan fingerprint density at radius 3 is 1.93 bits per heavy atom. The topological polar surface area (TPSA) is 71.0 Å². The Hall–Kier alpha value is -0.520. The molecule has 82 valence electrons. The second-order valence-electron chi connectivity index (χ2n) is 3.00. The fraction of sp³-hybridized carbons (Fsp3) is 0.571. The first kappa shape index (κ1) is 13.5. The molecule has 6 nitrogen and oxygen atoms in total. The van der Waals surface area contributed by atoms with Crippen LogP contribution >= 0.6 is 7.82 Å². The third-order valence-electron chi connectivity index (χ3n) is 1.35. The van der Waals surface area contributed by atoms with Crippen molar-refractivity contribution in [2.75, 3.05) is 28.3 Å². The Kier molecular flexibility index (Phi) is 5.18. The van der Waals surface area contributed by atoms with E-state index in [1.807, 2.05) is 12.5 Å². The van der Waals surface area contributed by atoms with Gasteiger partial charge in [-0.05, 0) is 0 Å². The maximum absolute atomic E-state index is 9.95. The lowest BCUT2D eigenvalue weighted by atomic mass is 10.7.